The molecule has 0 aliphatic carbocycles. The summed E-state index contributed by atoms with van der Waals surface area (Å²) in [5, 5.41) is 69.7. The molecule has 0 atom stereocenters. The molecule has 164 valence electrons. The summed E-state index contributed by atoms with van der Waals surface area (Å²) in [7, 11) is -1.30. The summed E-state index contributed by atoms with van der Waals surface area (Å²) in [6, 6.07) is 12.9. The van der Waals surface area contributed by atoms with E-state index >= 15 is 0 Å². The van der Waals surface area contributed by atoms with Crippen molar-refractivity contribution < 1.29 is 40.5 Å². The summed E-state index contributed by atoms with van der Waals surface area (Å²) in [6.07, 6.45) is 0.850. The van der Waals surface area contributed by atoms with Crippen LogP contribution in [0.3, 0.4) is 0 Å². The average molecular weight is 446 g/mol. The molecular formula is C22H22O8S. The molecule has 0 aromatic heterocycles. The van der Waals surface area contributed by atoms with Gasteiger partial charge in [0.25, 0.3) is 0 Å². The van der Waals surface area contributed by atoms with Crippen LogP contribution >= 0.6 is 0 Å². The summed E-state index contributed by atoms with van der Waals surface area (Å²) in [5.41, 5.74) is 0. The van der Waals surface area contributed by atoms with Crippen molar-refractivity contribution in [2.45, 2.75) is 34.5 Å². The molecule has 0 heterocycles. The van der Waals surface area contributed by atoms with Crippen LogP contribution in [0.1, 0.15) is 19.8 Å². The Morgan fingerprint density at radius 1 is 0.774 bits per heavy atom. The van der Waals surface area contributed by atoms with Crippen molar-refractivity contribution in [2.75, 3.05) is 0 Å². The second kappa shape index (κ2) is 10.4. The fraction of sp³-hybridized carbons (Fsp3) is 0.136. The zero-order valence-electron chi connectivity index (χ0n) is 16.5. The summed E-state index contributed by atoms with van der Waals surface area (Å²) in [6.45, 7) is 1.80. The molecule has 0 aliphatic rings. The van der Waals surface area contributed by atoms with E-state index in [-0.39, 0.29) is 27.7 Å². The van der Waals surface area contributed by atoms with Crippen molar-refractivity contribution in [2.24, 2.45) is 0 Å². The number of carboxylic acids is 1. The molecule has 0 radical (unpaired) electrons. The summed E-state index contributed by atoms with van der Waals surface area (Å²) in [4.78, 5) is 10.1. The molecule has 0 unspecified atom stereocenters. The fourth-order valence-electron chi connectivity index (χ4n) is 2.69. The predicted molar refractivity (Wildman–Crippen MR) is 111 cm³/mol. The molecule has 3 aromatic rings. The van der Waals surface area contributed by atoms with Gasteiger partial charge in [0, 0.05) is 30.2 Å². The van der Waals surface area contributed by atoms with E-state index in [4.69, 9.17) is 0 Å². The van der Waals surface area contributed by atoms with Gasteiger partial charge in [-0.1, -0.05) is 31.5 Å². The number of rotatable bonds is 5. The van der Waals surface area contributed by atoms with Crippen LogP contribution < -0.4 is 5.11 Å². The lowest BCUT2D eigenvalue weighted by atomic mass is 10.3. The molecule has 8 nitrogen and oxygen atoms in total. The van der Waals surface area contributed by atoms with E-state index in [1.165, 1.54) is 0 Å². The molecule has 31 heavy (non-hydrogen) atoms. The van der Waals surface area contributed by atoms with Crippen molar-refractivity contribution in [3.05, 3.63) is 54.6 Å². The first-order chi connectivity index (χ1) is 14.6. The number of aliphatic carboxylic acids is 1. The number of aromatic hydroxyl groups is 6. The van der Waals surface area contributed by atoms with Crippen molar-refractivity contribution >= 4 is 16.9 Å². The minimum atomic E-state index is -1.30. The molecule has 0 amide bonds. The molecular weight excluding hydrogens is 424 g/mol. The molecule has 0 saturated heterocycles. The van der Waals surface area contributed by atoms with Crippen LogP contribution in [0.5, 0.6) is 34.5 Å². The first-order valence-corrected chi connectivity index (χ1v) is 10.4. The van der Waals surface area contributed by atoms with Gasteiger partial charge >= 0.3 is 0 Å². The van der Waals surface area contributed by atoms with Gasteiger partial charge in [-0.15, -0.1) is 0 Å². The topological polar surface area (TPSA) is 162 Å². The van der Waals surface area contributed by atoms with Crippen LogP contribution in [0.15, 0.2) is 69.3 Å². The number of hydrogen-bond donors (Lipinski definition) is 6. The van der Waals surface area contributed by atoms with Crippen LogP contribution in [0.4, 0.5) is 0 Å². The third-order valence-electron chi connectivity index (χ3n) is 3.91. The third kappa shape index (κ3) is 5.89. The Morgan fingerprint density at radius 3 is 1.45 bits per heavy atom. The first kappa shape index (κ1) is 23.6. The highest BCUT2D eigenvalue weighted by Gasteiger charge is 2.40. The van der Waals surface area contributed by atoms with Crippen molar-refractivity contribution in [1.29, 1.82) is 0 Å². The van der Waals surface area contributed by atoms with Crippen LogP contribution in [-0.4, -0.2) is 36.6 Å². The van der Waals surface area contributed by atoms with Gasteiger partial charge < -0.3 is 40.5 Å². The Kier molecular flexibility index (Phi) is 7.87. The highest BCUT2D eigenvalue weighted by molar-refractivity contribution is 7.97. The Morgan fingerprint density at radius 2 is 1.16 bits per heavy atom. The van der Waals surface area contributed by atoms with Gasteiger partial charge in [-0.05, 0) is 18.6 Å². The quantitative estimate of drug-likeness (QED) is 0.326. The number of carbonyl (C=O) groups is 1. The third-order valence-corrected chi connectivity index (χ3v) is 6.31. The van der Waals surface area contributed by atoms with Crippen LogP contribution in [0, 0.1) is 0 Å². The summed E-state index contributed by atoms with van der Waals surface area (Å²) >= 11 is 0. The maximum Gasteiger partial charge on any atom is 0.250 e. The van der Waals surface area contributed by atoms with Gasteiger partial charge in [0.2, 0.25) is 9.79 Å². The largest absolute Gasteiger partial charge is 0.550 e. The number of phenolic OH excluding ortho intramolecular Hbond substituents is 6. The molecule has 0 aliphatic heterocycles. The number of benzene rings is 3. The molecule has 0 fully saturated rings. The molecule has 0 bridgehead atoms. The number of carbonyl (C=O) groups excluding carboxylic acids is 1. The normalized spacial score (nSPS) is 10.4. The molecule has 0 saturated carbocycles. The Labute approximate surface area is 181 Å². The van der Waals surface area contributed by atoms with Crippen LogP contribution in [-0.2, 0) is 15.7 Å². The minimum absolute atomic E-state index is 0.0280. The second-order valence-electron chi connectivity index (χ2n) is 6.37. The molecule has 9 heteroatoms. The molecule has 3 aromatic carbocycles. The summed E-state index contributed by atoms with van der Waals surface area (Å²) in [5.74, 6) is -3.18. The second-order valence-corrected chi connectivity index (χ2v) is 8.27. The van der Waals surface area contributed by atoms with Gasteiger partial charge in [-0.2, -0.15) is 0 Å². The van der Waals surface area contributed by atoms with E-state index in [0.29, 0.717) is 11.3 Å². The van der Waals surface area contributed by atoms with Crippen molar-refractivity contribution in [1.82, 2.24) is 0 Å². The Balaban J connectivity index is 0.000000501. The standard InChI is InChI=1S/C18H14O6S.C4H8O2/c19-10-6-13(21)17(14(22)7-10)25(12-4-2-1-3-5-12)18-15(23)8-11(20)9-16(18)24;1-2-3-4(5)6/h1-9H,(H5-,19,20,21,22,23,24);2-3H2,1H3,(H,5,6). The lowest BCUT2D eigenvalue weighted by molar-refractivity contribution is -0.305. The van der Waals surface area contributed by atoms with Gasteiger partial charge in [0.05, 0.1) is 0 Å². The highest BCUT2D eigenvalue weighted by atomic mass is 32.2. The van der Waals surface area contributed by atoms with E-state index in [1.54, 1.807) is 37.3 Å². The minimum Gasteiger partial charge on any atom is -0.550 e. The van der Waals surface area contributed by atoms with Crippen molar-refractivity contribution in [3.8, 4) is 34.5 Å². The lowest BCUT2D eigenvalue weighted by Gasteiger charge is -2.13. The van der Waals surface area contributed by atoms with Gasteiger partial charge in [0.15, 0.2) is 27.9 Å². The number of phenols is 6. The number of hydrogen-bond acceptors (Lipinski definition) is 8. The SMILES string of the molecule is CCCC(=O)[O-].Oc1cc(O)c([S+](c2ccccc2)c2c(O)cc(O)cc2O)c(O)c1. The maximum atomic E-state index is 10.3. The van der Waals surface area contributed by atoms with Gasteiger partial charge in [-0.3, -0.25) is 0 Å². The van der Waals surface area contributed by atoms with E-state index in [0.717, 1.165) is 24.3 Å². The fourth-order valence-corrected chi connectivity index (χ4v) is 4.86. The predicted octanol–water partition coefficient (Wildman–Crippen LogP) is 2.55. The van der Waals surface area contributed by atoms with E-state index in [9.17, 15) is 40.5 Å². The van der Waals surface area contributed by atoms with Gasteiger partial charge in [-0.25, -0.2) is 0 Å². The van der Waals surface area contributed by atoms with E-state index < -0.39 is 39.9 Å². The first-order valence-electron chi connectivity index (χ1n) is 9.14. The Hall–Kier alpha value is -3.72. The van der Waals surface area contributed by atoms with E-state index in [2.05, 4.69) is 0 Å². The summed E-state index contributed by atoms with van der Waals surface area (Å²) < 4.78 is 0. The van der Waals surface area contributed by atoms with E-state index in [1.807, 2.05) is 0 Å². The molecule has 0 spiro atoms. The smallest absolute Gasteiger partial charge is 0.250 e. The van der Waals surface area contributed by atoms with Crippen LogP contribution in [0.2, 0.25) is 0 Å². The Bertz CT molecular complexity index is 949. The van der Waals surface area contributed by atoms with Crippen LogP contribution in [0.25, 0.3) is 0 Å². The zero-order valence-corrected chi connectivity index (χ0v) is 17.3. The van der Waals surface area contributed by atoms with Gasteiger partial charge in [0.1, 0.15) is 22.4 Å². The average Bonchev–Trinajstić information content (AvgIpc) is 2.66. The molecule has 6 N–H and O–H groups in total. The number of carboxylic acid groups (broad SMARTS) is 1. The monoisotopic (exact) mass is 446 g/mol. The lowest BCUT2D eigenvalue weighted by Crippen LogP contribution is -2.20. The van der Waals surface area contributed by atoms with Crippen molar-refractivity contribution in [3.63, 3.8) is 0 Å². The maximum absolute atomic E-state index is 10.3. The molecule has 3 rings (SSSR count). The highest BCUT2D eigenvalue weighted by Crippen LogP contribution is 2.49. The zero-order chi connectivity index (χ0) is 23.1.